The van der Waals surface area contributed by atoms with Crippen molar-refractivity contribution in [1.29, 1.82) is 5.26 Å². The van der Waals surface area contributed by atoms with E-state index in [-0.39, 0.29) is 35.7 Å². The Morgan fingerprint density at radius 3 is 2.09 bits per heavy atom. The van der Waals surface area contributed by atoms with Crippen LogP contribution >= 0.6 is 0 Å². The van der Waals surface area contributed by atoms with Gasteiger partial charge < -0.3 is 29.7 Å². The SMILES string of the molecule is COc1c(C)c(C)c2c(c1O)[C@@H]1[C@@H]3Cc4c(OC)c(C)c(OC)c(O)c4[C@H](CNCc4ccccc4)N3[C@@H](C#N)[C@H](C2)N1C. The summed E-state index contributed by atoms with van der Waals surface area (Å²) in [7, 11) is 6.86. The molecule has 3 aromatic rings. The number of phenolic OH excluding ortho intramolecular Hbond substituents is 2. The van der Waals surface area contributed by atoms with Gasteiger partial charge in [0.2, 0.25) is 0 Å². The largest absolute Gasteiger partial charge is 0.504 e. The lowest BCUT2D eigenvalue weighted by Gasteiger charge is -2.60. The summed E-state index contributed by atoms with van der Waals surface area (Å²) in [6.07, 6.45) is 1.14. The number of fused-ring (bicyclic) bond motifs is 7. The zero-order chi connectivity index (χ0) is 31.4. The molecule has 232 valence electrons. The second-order valence-corrected chi connectivity index (χ2v) is 12.3. The molecule has 3 N–H and O–H groups in total. The van der Waals surface area contributed by atoms with Crippen LogP contribution in [0.4, 0.5) is 0 Å². The van der Waals surface area contributed by atoms with E-state index in [0.717, 1.165) is 44.5 Å². The van der Waals surface area contributed by atoms with E-state index in [1.165, 1.54) is 0 Å². The Kier molecular flexibility index (Phi) is 7.87. The summed E-state index contributed by atoms with van der Waals surface area (Å²) in [5.74, 6) is 1.81. The molecule has 6 rings (SSSR count). The number of piperazine rings is 1. The van der Waals surface area contributed by atoms with Crippen molar-refractivity contribution in [3.05, 3.63) is 74.8 Å². The predicted octanol–water partition coefficient (Wildman–Crippen LogP) is 4.61. The number of hydrogen-bond acceptors (Lipinski definition) is 9. The molecule has 3 aromatic carbocycles. The lowest BCUT2D eigenvalue weighted by Crippen LogP contribution is -2.68. The van der Waals surface area contributed by atoms with Gasteiger partial charge in [-0.05, 0) is 62.9 Å². The molecule has 0 aliphatic carbocycles. The average molecular weight is 599 g/mol. The number of phenols is 2. The first-order valence-electron chi connectivity index (χ1n) is 15.2. The van der Waals surface area contributed by atoms with Gasteiger partial charge in [0.25, 0.3) is 0 Å². The fourth-order valence-electron chi connectivity index (χ4n) is 8.29. The highest BCUT2D eigenvalue weighted by molar-refractivity contribution is 5.66. The summed E-state index contributed by atoms with van der Waals surface area (Å²) in [6.45, 7) is 7.07. The Morgan fingerprint density at radius 1 is 0.841 bits per heavy atom. The first-order valence-corrected chi connectivity index (χ1v) is 15.2. The number of aromatic hydroxyl groups is 2. The molecule has 44 heavy (non-hydrogen) atoms. The zero-order valence-corrected chi connectivity index (χ0v) is 26.6. The van der Waals surface area contributed by atoms with Gasteiger partial charge in [-0.15, -0.1) is 0 Å². The van der Waals surface area contributed by atoms with Crippen molar-refractivity contribution in [3.63, 3.8) is 0 Å². The fourth-order valence-corrected chi connectivity index (χ4v) is 8.29. The lowest BCUT2D eigenvalue weighted by molar-refractivity contribution is -0.0727. The standard InChI is InChI=1S/C35H42N4O5/c1-18-19(2)34(43-6)32(41)29-22(18)13-24-26(15-36)39-25(30(29)38(24)4)14-23-28(31(40)35(44-7)20(3)33(23)42-5)27(39)17-37-16-21-11-9-8-10-12-21/h8-12,24-27,30,37,40-41H,13-14,16-17H2,1-7H3/t24-,25-,26-,27-,30-/m0/s1. The van der Waals surface area contributed by atoms with E-state index in [4.69, 9.17) is 14.2 Å². The molecule has 1 fully saturated rings. The molecule has 9 nitrogen and oxygen atoms in total. The molecule has 3 aliphatic rings. The first kappa shape index (κ1) is 30.1. The van der Waals surface area contributed by atoms with Crippen molar-refractivity contribution in [3.8, 4) is 34.8 Å². The van der Waals surface area contributed by atoms with E-state index in [0.29, 0.717) is 43.2 Å². The van der Waals surface area contributed by atoms with Crippen molar-refractivity contribution < 1.29 is 24.4 Å². The summed E-state index contributed by atoms with van der Waals surface area (Å²) in [6, 6.07) is 11.5. The minimum atomic E-state index is -0.465. The zero-order valence-electron chi connectivity index (χ0n) is 26.6. The minimum Gasteiger partial charge on any atom is -0.504 e. The van der Waals surface area contributed by atoms with Crippen LogP contribution in [-0.4, -0.2) is 73.1 Å². The quantitative estimate of drug-likeness (QED) is 0.359. The number of rotatable bonds is 7. The molecular formula is C35H42N4O5. The molecule has 2 bridgehead atoms. The second kappa shape index (κ2) is 11.5. The highest BCUT2D eigenvalue weighted by Crippen LogP contribution is 2.57. The number of ether oxygens (including phenoxy) is 3. The summed E-state index contributed by atoms with van der Waals surface area (Å²) < 4.78 is 17.5. The van der Waals surface area contributed by atoms with Crippen LogP contribution in [0.2, 0.25) is 0 Å². The maximum absolute atomic E-state index is 11.8. The average Bonchev–Trinajstić information content (AvgIpc) is 3.01. The van der Waals surface area contributed by atoms with Crippen LogP contribution in [-0.2, 0) is 19.4 Å². The van der Waals surface area contributed by atoms with Gasteiger partial charge in [-0.1, -0.05) is 30.3 Å². The fraction of sp³-hybridized carbons (Fsp3) is 0.457. The Bertz CT molecular complexity index is 1640. The number of nitriles is 1. The van der Waals surface area contributed by atoms with Crippen LogP contribution in [0.15, 0.2) is 30.3 Å². The van der Waals surface area contributed by atoms with E-state index in [1.54, 1.807) is 21.3 Å². The van der Waals surface area contributed by atoms with Gasteiger partial charge in [-0.3, -0.25) is 9.80 Å². The normalized spacial score (nSPS) is 24.1. The Labute approximate surface area is 259 Å². The van der Waals surface area contributed by atoms with Crippen molar-refractivity contribution >= 4 is 0 Å². The van der Waals surface area contributed by atoms with Gasteiger partial charge in [0.1, 0.15) is 11.8 Å². The van der Waals surface area contributed by atoms with Crippen molar-refractivity contribution in [1.82, 2.24) is 15.1 Å². The van der Waals surface area contributed by atoms with Crippen LogP contribution in [0, 0.1) is 32.1 Å². The summed E-state index contributed by atoms with van der Waals surface area (Å²) in [5.41, 5.74) is 7.48. The molecule has 3 aliphatic heterocycles. The number of nitrogens with zero attached hydrogens (tertiary/aromatic N) is 3. The number of nitrogens with one attached hydrogen (secondary N) is 1. The van der Waals surface area contributed by atoms with E-state index in [1.807, 2.05) is 32.0 Å². The monoisotopic (exact) mass is 598 g/mol. The van der Waals surface area contributed by atoms with Gasteiger partial charge in [0.05, 0.1) is 39.5 Å². The number of hydrogen-bond donors (Lipinski definition) is 3. The molecule has 0 amide bonds. The Morgan fingerprint density at radius 2 is 1.45 bits per heavy atom. The Hall–Kier alpha value is -3.97. The molecule has 5 atom stereocenters. The number of likely N-dealkylation sites (N-methyl/N-ethyl adjacent to an activating group) is 1. The van der Waals surface area contributed by atoms with Crippen molar-refractivity contribution in [2.45, 2.75) is 70.4 Å². The topological polar surface area (TPSA) is 110 Å². The van der Waals surface area contributed by atoms with E-state index in [2.05, 4.69) is 47.3 Å². The molecule has 1 saturated heterocycles. The highest BCUT2D eigenvalue weighted by atomic mass is 16.5. The Balaban J connectivity index is 1.56. The minimum absolute atomic E-state index is 0.0860. The highest BCUT2D eigenvalue weighted by Gasteiger charge is 2.56. The van der Waals surface area contributed by atoms with Crippen LogP contribution < -0.4 is 19.5 Å². The van der Waals surface area contributed by atoms with Crippen LogP contribution in [0.5, 0.6) is 28.7 Å². The molecule has 9 heteroatoms. The van der Waals surface area contributed by atoms with Crippen molar-refractivity contribution in [2.24, 2.45) is 0 Å². The maximum Gasteiger partial charge on any atom is 0.167 e. The van der Waals surface area contributed by atoms with Gasteiger partial charge in [-0.2, -0.15) is 5.26 Å². The molecular weight excluding hydrogens is 556 g/mol. The van der Waals surface area contributed by atoms with Crippen LogP contribution in [0.1, 0.15) is 56.6 Å². The van der Waals surface area contributed by atoms with Crippen molar-refractivity contribution in [2.75, 3.05) is 34.9 Å². The molecule has 0 unspecified atom stereocenters. The number of methoxy groups -OCH3 is 3. The molecule has 0 saturated carbocycles. The smallest absolute Gasteiger partial charge is 0.167 e. The van der Waals surface area contributed by atoms with Gasteiger partial charge in [0.15, 0.2) is 23.0 Å². The second-order valence-electron chi connectivity index (χ2n) is 12.3. The molecule has 0 aromatic heterocycles. The third kappa shape index (κ3) is 4.31. The molecule has 0 spiro atoms. The molecule has 0 radical (unpaired) electrons. The summed E-state index contributed by atoms with van der Waals surface area (Å²) in [4.78, 5) is 4.56. The van der Waals surface area contributed by atoms with E-state index in [9.17, 15) is 15.5 Å². The summed E-state index contributed by atoms with van der Waals surface area (Å²) in [5, 5.41) is 38.0. The van der Waals surface area contributed by atoms with Gasteiger partial charge in [0, 0.05) is 47.4 Å². The first-order chi connectivity index (χ1) is 21.2. The number of benzene rings is 3. The lowest BCUT2D eigenvalue weighted by atomic mass is 9.70. The maximum atomic E-state index is 11.8. The summed E-state index contributed by atoms with van der Waals surface area (Å²) >= 11 is 0. The third-order valence-corrected chi connectivity index (χ3v) is 10.4. The third-order valence-electron chi connectivity index (χ3n) is 10.4. The van der Waals surface area contributed by atoms with Crippen LogP contribution in [0.3, 0.4) is 0 Å². The van der Waals surface area contributed by atoms with Crippen LogP contribution in [0.25, 0.3) is 0 Å². The van der Waals surface area contributed by atoms with Gasteiger partial charge >= 0.3 is 0 Å². The predicted molar refractivity (Wildman–Crippen MR) is 168 cm³/mol. The van der Waals surface area contributed by atoms with E-state index >= 15 is 0 Å². The molecule has 3 heterocycles. The van der Waals surface area contributed by atoms with E-state index < -0.39 is 6.04 Å². The van der Waals surface area contributed by atoms with Gasteiger partial charge in [-0.25, -0.2) is 0 Å².